The van der Waals surface area contributed by atoms with Crippen LogP contribution in [-0.2, 0) is 0 Å². The molecule has 74 valence electrons. The third-order valence-corrected chi connectivity index (χ3v) is 2.10. The fourth-order valence-electron chi connectivity index (χ4n) is 1.42. The summed E-state index contributed by atoms with van der Waals surface area (Å²) in [6.07, 6.45) is 1.38. The Kier molecular flexibility index (Phi) is 2.25. The van der Waals surface area contributed by atoms with Crippen molar-refractivity contribution in [2.24, 2.45) is 9.98 Å². The topological polar surface area (TPSA) is 58.9 Å². The van der Waals surface area contributed by atoms with Crippen LogP contribution in [0.4, 0.5) is 4.79 Å². The van der Waals surface area contributed by atoms with Crippen molar-refractivity contribution >= 4 is 23.7 Å². The van der Waals surface area contributed by atoms with Crippen LogP contribution < -0.4 is 0 Å². The Bertz CT molecular complexity index is 501. The van der Waals surface area contributed by atoms with Crippen LogP contribution in [0.5, 0.6) is 0 Å². The SMILES string of the molecule is CC(=O)c1ccccc1C1=NC(=O)N=C1. The molecule has 0 aliphatic carbocycles. The average Bonchev–Trinajstić information content (AvgIpc) is 2.65. The molecule has 2 amide bonds. The summed E-state index contributed by atoms with van der Waals surface area (Å²) in [6.45, 7) is 1.48. The number of hydrogen-bond acceptors (Lipinski definition) is 2. The molecule has 0 fully saturated rings. The minimum atomic E-state index is -0.525. The molecule has 1 aliphatic heterocycles. The molecule has 0 aromatic heterocycles. The monoisotopic (exact) mass is 200 g/mol. The number of amides is 2. The lowest BCUT2D eigenvalue weighted by molar-refractivity contribution is 0.101. The number of aliphatic imine (C=N–C) groups is 2. The van der Waals surface area contributed by atoms with E-state index in [0.717, 1.165) is 0 Å². The quantitative estimate of drug-likeness (QED) is 0.684. The third-order valence-electron chi connectivity index (χ3n) is 2.10. The van der Waals surface area contributed by atoms with Gasteiger partial charge in [0.2, 0.25) is 0 Å². The Labute approximate surface area is 86.4 Å². The van der Waals surface area contributed by atoms with E-state index in [2.05, 4.69) is 9.98 Å². The van der Waals surface area contributed by atoms with Crippen molar-refractivity contribution in [1.29, 1.82) is 0 Å². The molecule has 4 nitrogen and oxygen atoms in total. The fourth-order valence-corrected chi connectivity index (χ4v) is 1.42. The van der Waals surface area contributed by atoms with Crippen molar-refractivity contribution < 1.29 is 9.59 Å². The fraction of sp³-hybridized carbons (Fsp3) is 0.0909. The van der Waals surface area contributed by atoms with Gasteiger partial charge in [-0.1, -0.05) is 24.3 Å². The van der Waals surface area contributed by atoms with Crippen LogP contribution in [0.25, 0.3) is 0 Å². The van der Waals surface area contributed by atoms with E-state index in [-0.39, 0.29) is 5.78 Å². The first-order valence-electron chi connectivity index (χ1n) is 4.45. The number of carbonyl (C=O) groups excluding carboxylic acids is 2. The number of hydrogen-bond donors (Lipinski definition) is 0. The largest absolute Gasteiger partial charge is 0.367 e. The molecule has 1 aromatic rings. The number of rotatable bonds is 2. The standard InChI is InChI=1S/C11H8N2O2/c1-7(14)8-4-2-3-5-9(8)10-6-12-11(15)13-10/h2-6H,1H3. The van der Waals surface area contributed by atoms with E-state index in [1.165, 1.54) is 13.1 Å². The summed E-state index contributed by atoms with van der Waals surface area (Å²) in [7, 11) is 0. The highest BCUT2D eigenvalue weighted by Crippen LogP contribution is 2.12. The number of nitrogens with zero attached hydrogens (tertiary/aromatic N) is 2. The van der Waals surface area contributed by atoms with Gasteiger partial charge in [-0.2, -0.15) is 9.98 Å². The lowest BCUT2D eigenvalue weighted by Crippen LogP contribution is -2.07. The molecule has 2 rings (SSSR count). The highest BCUT2D eigenvalue weighted by molar-refractivity contribution is 6.45. The van der Waals surface area contributed by atoms with Crippen LogP contribution in [0.3, 0.4) is 0 Å². The van der Waals surface area contributed by atoms with E-state index in [1.54, 1.807) is 24.3 Å². The van der Waals surface area contributed by atoms with Gasteiger partial charge in [0.25, 0.3) is 0 Å². The number of benzene rings is 1. The van der Waals surface area contributed by atoms with Crippen molar-refractivity contribution in [3.63, 3.8) is 0 Å². The van der Waals surface area contributed by atoms with Crippen LogP contribution in [0, 0.1) is 0 Å². The molecule has 0 saturated carbocycles. The van der Waals surface area contributed by atoms with Gasteiger partial charge >= 0.3 is 6.03 Å². The van der Waals surface area contributed by atoms with Gasteiger partial charge in [-0.15, -0.1) is 0 Å². The lowest BCUT2D eigenvalue weighted by Gasteiger charge is -2.03. The summed E-state index contributed by atoms with van der Waals surface area (Å²) in [5.74, 6) is -0.0546. The summed E-state index contributed by atoms with van der Waals surface area (Å²) in [5, 5.41) is 0. The summed E-state index contributed by atoms with van der Waals surface area (Å²) < 4.78 is 0. The van der Waals surface area contributed by atoms with Gasteiger partial charge in [0, 0.05) is 11.1 Å². The minimum Gasteiger partial charge on any atom is -0.294 e. The van der Waals surface area contributed by atoms with Crippen molar-refractivity contribution in [3.8, 4) is 0 Å². The Balaban J connectivity index is 2.54. The second-order valence-corrected chi connectivity index (χ2v) is 3.14. The molecule has 0 atom stereocenters. The molecule has 0 spiro atoms. The first-order chi connectivity index (χ1) is 7.18. The van der Waals surface area contributed by atoms with Crippen molar-refractivity contribution in [3.05, 3.63) is 35.4 Å². The molecule has 15 heavy (non-hydrogen) atoms. The van der Waals surface area contributed by atoms with Crippen molar-refractivity contribution in [2.45, 2.75) is 6.92 Å². The van der Waals surface area contributed by atoms with Gasteiger partial charge in [0.1, 0.15) is 0 Å². The molecule has 0 N–H and O–H groups in total. The third kappa shape index (κ3) is 1.74. The summed E-state index contributed by atoms with van der Waals surface area (Å²) >= 11 is 0. The van der Waals surface area contributed by atoms with E-state index in [9.17, 15) is 9.59 Å². The molecule has 0 radical (unpaired) electrons. The highest BCUT2D eigenvalue weighted by Gasteiger charge is 2.15. The Morgan fingerprint density at radius 1 is 1.27 bits per heavy atom. The van der Waals surface area contributed by atoms with E-state index < -0.39 is 6.03 Å². The van der Waals surface area contributed by atoms with Crippen LogP contribution in [0.2, 0.25) is 0 Å². The molecule has 1 aromatic carbocycles. The Morgan fingerprint density at radius 2 is 2.00 bits per heavy atom. The van der Waals surface area contributed by atoms with Gasteiger partial charge < -0.3 is 0 Å². The first kappa shape index (κ1) is 9.45. The van der Waals surface area contributed by atoms with Crippen LogP contribution in [0.1, 0.15) is 22.8 Å². The molecular weight excluding hydrogens is 192 g/mol. The van der Waals surface area contributed by atoms with Gasteiger partial charge in [0.05, 0.1) is 11.9 Å². The van der Waals surface area contributed by atoms with E-state index in [1.807, 2.05) is 0 Å². The number of ketones is 1. The Hall–Kier alpha value is -2.10. The second-order valence-electron chi connectivity index (χ2n) is 3.14. The smallest absolute Gasteiger partial charge is 0.294 e. The predicted octanol–water partition coefficient (Wildman–Crippen LogP) is 1.88. The van der Waals surface area contributed by atoms with Gasteiger partial charge in [0.15, 0.2) is 5.78 Å². The number of urea groups is 1. The summed E-state index contributed by atoms with van der Waals surface area (Å²) in [6, 6.07) is 6.50. The molecule has 0 unspecified atom stereocenters. The maximum Gasteiger partial charge on any atom is 0.367 e. The minimum absolute atomic E-state index is 0.0546. The lowest BCUT2D eigenvalue weighted by atomic mass is 10.0. The molecule has 0 saturated heterocycles. The normalized spacial score (nSPS) is 14.2. The maximum absolute atomic E-state index is 11.3. The van der Waals surface area contributed by atoms with Crippen LogP contribution in [0.15, 0.2) is 34.3 Å². The molecular formula is C11H8N2O2. The first-order valence-corrected chi connectivity index (χ1v) is 4.45. The number of Topliss-reactive ketones (excluding diaryl/α,β-unsaturated/α-hetero) is 1. The van der Waals surface area contributed by atoms with E-state index in [4.69, 9.17) is 0 Å². The van der Waals surface area contributed by atoms with Crippen LogP contribution in [-0.4, -0.2) is 23.7 Å². The molecule has 0 bridgehead atoms. The summed E-state index contributed by atoms with van der Waals surface area (Å²) in [5.41, 5.74) is 1.66. The zero-order valence-corrected chi connectivity index (χ0v) is 8.10. The highest BCUT2D eigenvalue weighted by atomic mass is 16.2. The van der Waals surface area contributed by atoms with Gasteiger partial charge in [-0.25, -0.2) is 4.79 Å². The van der Waals surface area contributed by atoms with E-state index in [0.29, 0.717) is 16.8 Å². The zero-order valence-electron chi connectivity index (χ0n) is 8.10. The second kappa shape index (κ2) is 3.57. The maximum atomic E-state index is 11.3. The number of carbonyl (C=O) groups is 2. The van der Waals surface area contributed by atoms with Crippen molar-refractivity contribution in [1.82, 2.24) is 0 Å². The van der Waals surface area contributed by atoms with Gasteiger partial charge in [-0.3, -0.25) is 4.79 Å². The predicted molar refractivity (Wildman–Crippen MR) is 56.9 cm³/mol. The zero-order chi connectivity index (χ0) is 10.8. The molecule has 1 aliphatic rings. The molecule has 1 heterocycles. The van der Waals surface area contributed by atoms with Gasteiger partial charge in [-0.05, 0) is 6.92 Å². The van der Waals surface area contributed by atoms with Crippen molar-refractivity contribution in [2.75, 3.05) is 0 Å². The molecule has 4 heteroatoms. The average molecular weight is 200 g/mol. The summed E-state index contributed by atoms with van der Waals surface area (Å²) in [4.78, 5) is 29.4. The van der Waals surface area contributed by atoms with E-state index >= 15 is 0 Å². The Morgan fingerprint density at radius 3 is 2.60 bits per heavy atom. The van der Waals surface area contributed by atoms with Crippen LogP contribution >= 0.6 is 0 Å².